The van der Waals surface area contributed by atoms with Gasteiger partial charge in [-0.1, -0.05) is 51.1 Å². The molecule has 3 rings (SSSR count). The highest BCUT2D eigenvalue weighted by Crippen LogP contribution is 2.78. The average molecular weight is 415 g/mol. The van der Waals surface area contributed by atoms with Crippen molar-refractivity contribution in [3.8, 4) is 0 Å². The summed E-state index contributed by atoms with van der Waals surface area (Å²) in [6.07, 6.45) is 2.19. The minimum atomic E-state index is -1.23. The van der Waals surface area contributed by atoms with Gasteiger partial charge in [0.1, 0.15) is 5.54 Å². The molecule has 0 N–H and O–H groups in total. The lowest BCUT2D eigenvalue weighted by molar-refractivity contribution is -0.139. The molecule has 0 aromatic heterocycles. The van der Waals surface area contributed by atoms with Crippen LogP contribution in [0, 0.1) is 5.41 Å². The molecular formula is C23H30NO4P. The van der Waals surface area contributed by atoms with Gasteiger partial charge in [-0.15, -0.1) is 0 Å². The number of hydrogen-bond donors (Lipinski definition) is 0. The van der Waals surface area contributed by atoms with Crippen molar-refractivity contribution in [3.05, 3.63) is 58.2 Å². The number of carbonyl (C=O) groups excluding carboxylic acids is 2. The SMILES string of the molecule is COC(=O)C1=C(C(=O)OC)C2(c3ccccc3)C=C(C(C)(C)C)P1N2C(C)(C)C. The van der Waals surface area contributed by atoms with Crippen molar-refractivity contribution in [3.63, 3.8) is 0 Å². The number of fused-ring (bicyclic) bond motifs is 2. The Hall–Kier alpha value is -1.97. The number of hydrogen-bond acceptors (Lipinski definition) is 5. The molecule has 0 saturated heterocycles. The van der Waals surface area contributed by atoms with Crippen molar-refractivity contribution >= 4 is 20.0 Å². The highest BCUT2D eigenvalue weighted by Gasteiger charge is 2.65. The van der Waals surface area contributed by atoms with Crippen LogP contribution in [0.1, 0.15) is 47.1 Å². The molecule has 1 aromatic carbocycles. The molecule has 0 saturated carbocycles. The number of allylic oxidation sites excluding steroid dienone is 1. The second-order valence-corrected chi connectivity index (χ2v) is 11.4. The van der Waals surface area contributed by atoms with Crippen LogP contribution in [0.2, 0.25) is 0 Å². The van der Waals surface area contributed by atoms with E-state index in [0.29, 0.717) is 10.9 Å². The van der Waals surface area contributed by atoms with Gasteiger partial charge in [-0.05, 0) is 43.1 Å². The van der Waals surface area contributed by atoms with Crippen molar-refractivity contribution in [2.75, 3.05) is 14.2 Å². The lowest BCUT2D eigenvalue weighted by Crippen LogP contribution is -2.48. The van der Waals surface area contributed by atoms with E-state index in [9.17, 15) is 9.59 Å². The molecule has 2 atom stereocenters. The highest BCUT2D eigenvalue weighted by molar-refractivity contribution is 7.66. The predicted molar refractivity (Wildman–Crippen MR) is 115 cm³/mol. The molecule has 2 aliphatic heterocycles. The summed E-state index contributed by atoms with van der Waals surface area (Å²) in [6.45, 7) is 12.8. The molecule has 0 amide bonds. The molecule has 5 nitrogen and oxygen atoms in total. The lowest BCUT2D eigenvalue weighted by atomic mass is 9.77. The molecule has 2 heterocycles. The van der Waals surface area contributed by atoms with Gasteiger partial charge in [0.25, 0.3) is 0 Å². The van der Waals surface area contributed by atoms with Crippen LogP contribution in [0.15, 0.2) is 52.6 Å². The van der Waals surface area contributed by atoms with Crippen molar-refractivity contribution in [2.45, 2.75) is 52.6 Å². The third kappa shape index (κ3) is 3.15. The van der Waals surface area contributed by atoms with Gasteiger partial charge in [0, 0.05) is 13.6 Å². The molecule has 0 spiro atoms. The Labute approximate surface area is 174 Å². The third-order valence-electron chi connectivity index (χ3n) is 5.32. The minimum absolute atomic E-state index is 0.174. The quantitative estimate of drug-likeness (QED) is 0.517. The summed E-state index contributed by atoms with van der Waals surface area (Å²) < 4.78 is 12.7. The van der Waals surface area contributed by atoms with E-state index in [1.165, 1.54) is 19.5 Å². The van der Waals surface area contributed by atoms with E-state index in [1.54, 1.807) is 0 Å². The number of benzene rings is 1. The van der Waals surface area contributed by atoms with E-state index in [0.717, 1.165) is 5.56 Å². The Morgan fingerprint density at radius 3 is 1.93 bits per heavy atom. The van der Waals surface area contributed by atoms with E-state index in [2.05, 4.69) is 52.3 Å². The molecule has 2 unspecified atom stereocenters. The zero-order valence-electron chi connectivity index (χ0n) is 18.5. The van der Waals surface area contributed by atoms with E-state index < -0.39 is 25.5 Å². The van der Waals surface area contributed by atoms with Gasteiger partial charge < -0.3 is 9.47 Å². The van der Waals surface area contributed by atoms with Gasteiger partial charge in [-0.2, -0.15) is 0 Å². The second kappa shape index (κ2) is 7.07. The Bertz CT molecular complexity index is 905. The molecule has 6 heteroatoms. The van der Waals surface area contributed by atoms with Crippen LogP contribution in [0.25, 0.3) is 0 Å². The van der Waals surface area contributed by atoms with Crippen LogP contribution in [-0.4, -0.2) is 36.4 Å². The summed E-state index contributed by atoms with van der Waals surface area (Å²) in [5.41, 5.74) is -0.0370. The summed E-state index contributed by atoms with van der Waals surface area (Å²) >= 11 is 0. The first kappa shape index (κ1) is 21.7. The summed E-state index contributed by atoms with van der Waals surface area (Å²) in [6, 6.07) is 9.89. The standard InChI is InChI=1S/C23H30NO4P/c1-21(2,3)16-14-23(15-12-10-9-11-13-15)17(19(25)27-7)18(20(26)28-8)29(16)24(23)22(4,5)6/h9-14H,1-8H3. The molecule has 2 aliphatic rings. The van der Waals surface area contributed by atoms with Crippen LogP contribution in [0.3, 0.4) is 0 Å². The fourth-order valence-electron chi connectivity index (χ4n) is 4.32. The fourth-order valence-corrected chi connectivity index (χ4v) is 7.84. The predicted octanol–water partition coefficient (Wildman–Crippen LogP) is 4.94. The van der Waals surface area contributed by atoms with E-state index >= 15 is 0 Å². The maximum Gasteiger partial charge on any atom is 0.340 e. The highest BCUT2D eigenvalue weighted by atomic mass is 31.1. The Morgan fingerprint density at radius 2 is 1.48 bits per heavy atom. The zero-order valence-corrected chi connectivity index (χ0v) is 19.4. The van der Waals surface area contributed by atoms with Crippen molar-refractivity contribution in [1.29, 1.82) is 0 Å². The smallest absolute Gasteiger partial charge is 0.340 e. The Morgan fingerprint density at radius 1 is 0.931 bits per heavy atom. The fraction of sp³-hybridized carbons (Fsp3) is 0.478. The van der Waals surface area contributed by atoms with E-state index in [-0.39, 0.29) is 11.0 Å². The number of rotatable bonds is 3. The monoisotopic (exact) mass is 415 g/mol. The second-order valence-electron chi connectivity index (χ2n) is 9.41. The van der Waals surface area contributed by atoms with Crippen molar-refractivity contribution in [2.24, 2.45) is 5.41 Å². The van der Waals surface area contributed by atoms with Crippen LogP contribution in [0.4, 0.5) is 0 Å². The molecule has 1 aromatic rings. The molecule has 29 heavy (non-hydrogen) atoms. The van der Waals surface area contributed by atoms with E-state index in [4.69, 9.17) is 9.47 Å². The van der Waals surface area contributed by atoms with Crippen LogP contribution in [0.5, 0.6) is 0 Å². The first-order valence-electron chi connectivity index (χ1n) is 9.72. The summed E-state index contributed by atoms with van der Waals surface area (Å²) in [5.74, 6) is -0.948. The number of esters is 2. The first-order valence-corrected chi connectivity index (χ1v) is 11.0. The Balaban J connectivity index is 2.47. The summed E-state index contributed by atoms with van der Waals surface area (Å²) in [7, 11) is 1.49. The summed E-state index contributed by atoms with van der Waals surface area (Å²) in [5, 5.41) is 1.61. The average Bonchev–Trinajstić information content (AvgIpc) is 3.17. The topological polar surface area (TPSA) is 55.8 Å². The molecule has 0 fully saturated rings. The number of methoxy groups -OCH3 is 2. The minimum Gasteiger partial charge on any atom is -0.466 e. The first-order chi connectivity index (χ1) is 13.4. The maximum absolute atomic E-state index is 13.1. The maximum atomic E-state index is 13.1. The van der Waals surface area contributed by atoms with Gasteiger partial charge >= 0.3 is 11.9 Å². The van der Waals surface area contributed by atoms with Gasteiger partial charge in [0.05, 0.1) is 25.1 Å². The van der Waals surface area contributed by atoms with Crippen LogP contribution < -0.4 is 0 Å². The van der Waals surface area contributed by atoms with Gasteiger partial charge in [0.15, 0.2) is 0 Å². The van der Waals surface area contributed by atoms with Gasteiger partial charge in [-0.25, -0.2) is 9.59 Å². The molecule has 0 aliphatic carbocycles. The van der Waals surface area contributed by atoms with Crippen molar-refractivity contribution in [1.82, 2.24) is 4.67 Å². The third-order valence-corrected chi connectivity index (χ3v) is 8.73. The van der Waals surface area contributed by atoms with E-state index in [1.807, 2.05) is 30.3 Å². The summed E-state index contributed by atoms with van der Waals surface area (Å²) in [4.78, 5) is 26.1. The molecular weight excluding hydrogens is 385 g/mol. The molecule has 0 radical (unpaired) electrons. The molecule has 156 valence electrons. The lowest BCUT2D eigenvalue weighted by Gasteiger charge is -2.45. The number of nitrogens with zero attached hydrogens (tertiary/aromatic N) is 1. The van der Waals surface area contributed by atoms with Gasteiger partial charge in [-0.3, -0.25) is 4.67 Å². The largest absolute Gasteiger partial charge is 0.466 e. The normalized spacial score (nSPS) is 24.6. The van der Waals surface area contributed by atoms with Crippen molar-refractivity contribution < 1.29 is 19.1 Å². The molecule has 2 bridgehead atoms. The Kier molecular flexibility index (Phi) is 5.30. The number of ether oxygens (including phenoxy) is 2. The zero-order chi connectivity index (χ0) is 21.8. The number of carbonyl (C=O) groups is 2. The van der Waals surface area contributed by atoms with Crippen LogP contribution in [-0.2, 0) is 24.6 Å². The van der Waals surface area contributed by atoms with Gasteiger partial charge in [0.2, 0.25) is 0 Å². The van der Waals surface area contributed by atoms with Crippen LogP contribution >= 0.6 is 8.07 Å².